The third kappa shape index (κ3) is 3.34. The lowest BCUT2D eigenvalue weighted by Crippen LogP contribution is -2.28. The number of hydrogen-bond acceptors (Lipinski definition) is 4. The lowest BCUT2D eigenvalue weighted by atomic mass is 9.76. The summed E-state index contributed by atoms with van der Waals surface area (Å²) in [6.45, 7) is 4.62. The zero-order chi connectivity index (χ0) is 13.2. The van der Waals surface area contributed by atoms with Gasteiger partial charge < -0.3 is 9.47 Å². The van der Waals surface area contributed by atoms with Gasteiger partial charge in [-0.05, 0) is 47.0 Å². The van der Waals surface area contributed by atoms with Gasteiger partial charge in [0.05, 0.1) is 17.8 Å². The number of hydrogen-bond donors (Lipinski definition) is 0. The molecule has 5 heteroatoms. The zero-order valence-electron chi connectivity index (χ0n) is 11.1. The Hall–Kier alpha value is -0.840. The molecule has 1 heterocycles. The highest BCUT2D eigenvalue weighted by molar-refractivity contribution is 9.10. The lowest BCUT2D eigenvalue weighted by Gasteiger charge is -2.33. The SMILES string of the molecule is COc1nc(OC2CCC(C)(C)CC2)ncc1Br. The first-order valence-corrected chi connectivity index (χ1v) is 7.03. The Kier molecular flexibility index (Phi) is 4.10. The summed E-state index contributed by atoms with van der Waals surface area (Å²) in [6.07, 6.45) is 6.39. The Morgan fingerprint density at radius 1 is 1.33 bits per heavy atom. The van der Waals surface area contributed by atoms with E-state index >= 15 is 0 Å². The quantitative estimate of drug-likeness (QED) is 0.855. The first kappa shape index (κ1) is 13.6. The highest BCUT2D eigenvalue weighted by Crippen LogP contribution is 2.36. The molecule has 2 rings (SSSR count). The average molecular weight is 315 g/mol. The van der Waals surface area contributed by atoms with Crippen LogP contribution in [0.1, 0.15) is 39.5 Å². The highest BCUT2D eigenvalue weighted by atomic mass is 79.9. The molecule has 4 nitrogen and oxygen atoms in total. The summed E-state index contributed by atoms with van der Waals surface area (Å²) in [6, 6.07) is 0.403. The third-order valence-corrected chi connectivity index (χ3v) is 3.99. The van der Waals surface area contributed by atoms with E-state index in [4.69, 9.17) is 9.47 Å². The summed E-state index contributed by atoms with van der Waals surface area (Å²) in [5.74, 6) is 0.510. The van der Waals surface area contributed by atoms with Crippen LogP contribution in [0.4, 0.5) is 0 Å². The van der Waals surface area contributed by atoms with Gasteiger partial charge in [-0.1, -0.05) is 13.8 Å². The molecule has 0 aromatic carbocycles. The van der Waals surface area contributed by atoms with Gasteiger partial charge in [0, 0.05) is 0 Å². The molecule has 1 saturated carbocycles. The number of halogens is 1. The van der Waals surface area contributed by atoms with Gasteiger partial charge >= 0.3 is 6.01 Å². The molecule has 100 valence electrons. The number of nitrogens with zero attached hydrogens (tertiary/aromatic N) is 2. The number of methoxy groups -OCH3 is 1. The Morgan fingerprint density at radius 3 is 2.61 bits per heavy atom. The first-order chi connectivity index (χ1) is 8.50. The second-order valence-corrected chi connectivity index (χ2v) is 6.35. The van der Waals surface area contributed by atoms with Crippen molar-refractivity contribution in [2.45, 2.75) is 45.6 Å². The van der Waals surface area contributed by atoms with Crippen LogP contribution in [0.25, 0.3) is 0 Å². The van der Waals surface area contributed by atoms with Gasteiger partial charge in [0.2, 0.25) is 5.88 Å². The molecule has 0 saturated heterocycles. The van der Waals surface area contributed by atoms with E-state index in [1.54, 1.807) is 13.3 Å². The van der Waals surface area contributed by atoms with E-state index in [2.05, 4.69) is 39.7 Å². The molecule has 1 aromatic heterocycles. The van der Waals surface area contributed by atoms with Crippen molar-refractivity contribution in [1.82, 2.24) is 9.97 Å². The summed E-state index contributed by atoms with van der Waals surface area (Å²) in [5, 5.41) is 0. The van der Waals surface area contributed by atoms with Gasteiger partial charge in [-0.2, -0.15) is 4.98 Å². The average Bonchev–Trinajstić information content (AvgIpc) is 2.34. The third-order valence-electron chi connectivity index (χ3n) is 3.44. The maximum Gasteiger partial charge on any atom is 0.320 e. The molecule has 0 aliphatic heterocycles. The van der Waals surface area contributed by atoms with Crippen LogP contribution in [0.5, 0.6) is 11.9 Å². The minimum absolute atomic E-state index is 0.226. The van der Waals surface area contributed by atoms with E-state index in [0.29, 0.717) is 17.3 Å². The molecular weight excluding hydrogens is 296 g/mol. The van der Waals surface area contributed by atoms with Gasteiger partial charge in [-0.3, -0.25) is 0 Å². The summed E-state index contributed by atoms with van der Waals surface area (Å²) in [5.41, 5.74) is 0.443. The summed E-state index contributed by atoms with van der Waals surface area (Å²) in [7, 11) is 1.58. The topological polar surface area (TPSA) is 44.2 Å². The van der Waals surface area contributed by atoms with Gasteiger partial charge in [0.15, 0.2) is 0 Å². The van der Waals surface area contributed by atoms with Crippen molar-refractivity contribution in [2.24, 2.45) is 5.41 Å². The Labute approximate surface area is 116 Å². The van der Waals surface area contributed by atoms with Crippen LogP contribution >= 0.6 is 15.9 Å². The van der Waals surface area contributed by atoms with Gasteiger partial charge in [-0.25, -0.2) is 4.98 Å². The monoisotopic (exact) mass is 314 g/mol. The molecule has 0 N–H and O–H groups in total. The van der Waals surface area contributed by atoms with Crippen molar-refractivity contribution in [3.63, 3.8) is 0 Å². The number of aromatic nitrogens is 2. The molecule has 0 spiro atoms. The van der Waals surface area contributed by atoms with E-state index in [1.807, 2.05) is 0 Å². The molecule has 0 unspecified atom stereocenters. The smallest absolute Gasteiger partial charge is 0.320 e. The maximum absolute atomic E-state index is 5.82. The summed E-state index contributed by atoms with van der Waals surface area (Å²) < 4.78 is 11.7. The molecule has 0 amide bonds. The van der Waals surface area contributed by atoms with Crippen LogP contribution in [-0.2, 0) is 0 Å². The predicted molar refractivity (Wildman–Crippen MR) is 72.9 cm³/mol. The molecule has 1 aliphatic rings. The van der Waals surface area contributed by atoms with Crippen LogP contribution in [0.3, 0.4) is 0 Å². The fourth-order valence-electron chi connectivity index (χ4n) is 2.18. The Bertz CT molecular complexity index is 413. The van der Waals surface area contributed by atoms with Crippen molar-refractivity contribution in [3.8, 4) is 11.9 Å². The molecule has 0 bridgehead atoms. The Morgan fingerprint density at radius 2 is 2.00 bits per heavy atom. The fourth-order valence-corrected chi connectivity index (χ4v) is 2.53. The van der Waals surface area contributed by atoms with Crippen LogP contribution in [0, 0.1) is 5.41 Å². The highest BCUT2D eigenvalue weighted by Gasteiger charge is 2.28. The largest absolute Gasteiger partial charge is 0.480 e. The van der Waals surface area contributed by atoms with Crippen molar-refractivity contribution in [2.75, 3.05) is 7.11 Å². The van der Waals surface area contributed by atoms with E-state index in [9.17, 15) is 0 Å². The van der Waals surface area contributed by atoms with Crippen LogP contribution < -0.4 is 9.47 Å². The van der Waals surface area contributed by atoms with Crippen LogP contribution in [0.15, 0.2) is 10.7 Å². The standard InChI is InChI=1S/C13H19BrN2O2/c1-13(2)6-4-9(5-7-13)18-12-15-8-10(14)11(16-12)17-3/h8-9H,4-7H2,1-3H3. The van der Waals surface area contributed by atoms with Crippen molar-refractivity contribution in [3.05, 3.63) is 10.7 Å². The molecule has 0 atom stereocenters. The maximum atomic E-state index is 5.82. The first-order valence-electron chi connectivity index (χ1n) is 6.23. The van der Waals surface area contributed by atoms with Crippen LogP contribution in [-0.4, -0.2) is 23.2 Å². The second kappa shape index (κ2) is 5.43. The minimum Gasteiger partial charge on any atom is -0.480 e. The van der Waals surface area contributed by atoms with Gasteiger partial charge in [0.1, 0.15) is 6.10 Å². The van der Waals surface area contributed by atoms with Gasteiger partial charge in [0.25, 0.3) is 0 Å². The Balaban J connectivity index is 1.98. The second-order valence-electron chi connectivity index (χ2n) is 5.49. The molecule has 1 fully saturated rings. The van der Waals surface area contributed by atoms with Crippen molar-refractivity contribution >= 4 is 15.9 Å². The van der Waals surface area contributed by atoms with E-state index < -0.39 is 0 Å². The lowest BCUT2D eigenvalue weighted by molar-refractivity contribution is 0.0899. The van der Waals surface area contributed by atoms with E-state index in [0.717, 1.165) is 17.3 Å². The summed E-state index contributed by atoms with van der Waals surface area (Å²) >= 11 is 3.33. The van der Waals surface area contributed by atoms with E-state index in [-0.39, 0.29) is 6.10 Å². The minimum atomic E-state index is 0.226. The normalized spacial score (nSPS) is 19.6. The number of ether oxygens (including phenoxy) is 2. The predicted octanol–water partition coefficient (Wildman–Crippen LogP) is 3.60. The molecular formula is C13H19BrN2O2. The molecule has 18 heavy (non-hydrogen) atoms. The van der Waals surface area contributed by atoms with Crippen molar-refractivity contribution < 1.29 is 9.47 Å². The number of rotatable bonds is 3. The van der Waals surface area contributed by atoms with E-state index in [1.165, 1.54) is 12.8 Å². The summed E-state index contributed by atoms with van der Waals surface area (Å²) in [4.78, 5) is 8.38. The van der Waals surface area contributed by atoms with Crippen LogP contribution in [0.2, 0.25) is 0 Å². The molecule has 0 radical (unpaired) electrons. The fraction of sp³-hybridized carbons (Fsp3) is 0.692. The molecule has 1 aromatic rings. The zero-order valence-corrected chi connectivity index (χ0v) is 12.7. The molecule has 1 aliphatic carbocycles. The van der Waals surface area contributed by atoms with Gasteiger partial charge in [-0.15, -0.1) is 0 Å². The van der Waals surface area contributed by atoms with Crippen molar-refractivity contribution in [1.29, 1.82) is 0 Å².